The lowest BCUT2D eigenvalue weighted by atomic mass is 9.78. The number of aromatic nitrogens is 1. The SMILES string of the molecule is O=C(NCCSc1c[nH]c2ccccc12)C1(c2ccc(Cl)cc2)CCCC1. The molecule has 0 unspecified atom stereocenters. The molecule has 4 rings (SSSR count). The number of H-pyrrole nitrogens is 1. The molecule has 0 atom stereocenters. The van der Waals surface area contributed by atoms with Gasteiger partial charge < -0.3 is 10.3 Å². The zero-order chi connectivity index (χ0) is 18.7. The normalized spacial score (nSPS) is 15.9. The van der Waals surface area contributed by atoms with Crippen LogP contribution in [0.3, 0.4) is 0 Å². The first kappa shape index (κ1) is 18.5. The first-order chi connectivity index (χ1) is 13.2. The Labute approximate surface area is 168 Å². The van der Waals surface area contributed by atoms with Crippen molar-refractivity contribution in [3.05, 3.63) is 65.3 Å². The van der Waals surface area contributed by atoms with Gasteiger partial charge in [0.05, 0.1) is 5.41 Å². The fraction of sp³-hybridized carbons (Fsp3) is 0.318. The molecule has 2 aromatic carbocycles. The van der Waals surface area contributed by atoms with Gasteiger partial charge in [-0.25, -0.2) is 0 Å². The molecule has 1 heterocycles. The summed E-state index contributed by atoms with van der Waals surface area (Å²) in [6.07, 6.45) is 6.07. The molecular weight excluding hydrogens is 376 g/mol. The van der Waals surface area contributed by atoms with Crippen molar-refractivity contribution < 1.29 is 4.79 Å². The number of aromatic amines is 1. The van der Waals surface area contributed by atoms with Crippen LogP contribution in [0.5, 0.6) is 0 Å². The Bertz CT molecular complexity index is 929. The number of fused-ring (bicyclic) bond motifs is 1. The summed E-state index contributed by atoms with van der Waals surface area (Å²) >= 11 is 7.80. The molecule has 3 aromatic rings. The Balaban J connectivity index is 1.38. The van der Waals surface area contributed by atoms with Gasteiger partial charge in [0.2, 0.25) is 5.91 Å². The second kappa shape index (κ2) is 7.99. The molecule has 1 amide bonds. The topological polar surface area (TPSA) is 44.9 Å². The van der Waals surface area contributed by atoms with Crippen LogP contribution in [-0.2, 0) is 10.2 Å². The molecule has 1 aliphatic carbocycles. The zero-order valence-corrected chi connectivity index (χ0v) is 16.7. The maximum absolute atomic E-state index is 13.1. The zero-order valence-electron chi connectivity index (χ0n) is 15.1. The number of hydrogen-bond acceptors (Lipinski definition) is 2. The summed E-state index contributed by atoms with van der Waals surface area (Å²) in [4.78, 5) is 17.6. The second-order valence-corrected chi connectivity index (χ2v) is 8.67. The molecule has 0 aliphatic heterocycles. The van der Waals surface area contributed by atoms with E-state index in [1.54, 1.807) is 11.8 Å². The molecule has 1 saturated carbocycles. The Morgan fingerprint density at radius 3 is 2.63 bits per heavy atom. The van der Waals surface area contributed by atoms with E-state index in [1.807, 2.05) is 36.5 Å². The lowest BCUT2D eigenvalue weighted by Gasteiger charge is -2.28. The van der Waals surface area contributed by atoms with Gasteiger partial charge in [0, 0.05) is 39.3 Å². The predicted octanol–water partition coefficient (Wildman–Crippen LogP) is 5.54. The van der Waals surface area contributed by atoms with E-state index in [2.05, 4.69) is 28.5 Å². The molecule has 0 bridgehead atoms. The van der Waals surface area contributed by atoms with Crippen LogP contribution in [0.15, 0.2) is 59.6 Å². The lowest BCUT2D eigenvalue weighted by molar-refractivity contribution is -0.126. The van der Waals surface area contributed by atoms with E-state index >= 15 is 0 Å². The van der Waals surface area contributed by atoms with E-state index in [9.17, 15) is 4.79 Å². The number of hydrogen-bond donors (Lipinski definition) is 2. The number of benzene rings is 2. The molecule has 1 aliphatic rings. The van der Waals surface area contributed by atoms with Crippen LogP contribution in [0.2, 0.25) is 5.02 Å². The summed E-state index contributed by atoms with van der Waals surface area (Å²) in [6, 6.07) is 16.1. The minimum atomic E-state index is -0.393. The number of para-hydroxylation sites is 1. The number of thioether (sulfide) groups is 1. The van der Waals surface area contributed by atoms with E-state index in [1.165, 1.54) is 10.3 Å². The van der Waals surface area contributed by atoms with E-state index < -0.39 is 5.41 Å². The minimum Gasteiger partial charge on any atom is -0.360 e. The lowest BCUT2D eigenvalue weighted by Crippen LogP contribution is -2.43. The predicted molar refractivity (Wildman–Crippen MR) is 114 cm³/mol. The summed E-state index contributed by atoms with van der Waals surface area (Å²) in [5.41, 5.74) is 1.85. The number of amides is 1. The van der Waals surface area contributed by atoms with Crippen LogP contribution >= 0.6 is 23.4 Å². The Kier molecular flexibility index (Phi) is 5.46. The van der Waals surface area contributed by atoms with Crippen molar-refractivity contribution in [1.82, 2.24) is 10.3 Å². The van der Waals surface area contributed by atoms with Crippen molar-refractivity contribution in [3.8, 4) is 0 Å². The molecule has 140 valence electrons. The summed E-state index contributed by atoms with van der Waals surface area (Å²) in [5.74, 6) is 1.01. The second-order valence-electron chi connectivity index (χ2n) is 7.10. The molecule has 1 aromatic heterocycles. The third kappa shape index (κ3) is 3.74. The molecule has 3 nitrogen and oxygen atoms in total. The summed E-state index contributed by atoms with van der Waals surface area (Å²) in [6.45, 7) is 0.665. The quantitative estimate of drug-likeness (QED) is 0.422. The maximum Gasteiger partial charge on any atom is 0.230 e. The monoisotopic (exact) mass is 398 g/mol. The molecule has 1 fully saturated rings. The number of rotatable bonds is 6. The van der Waals surface area contributed by atoms with Crippen molar-refractivity contribution in [2.24, 2.45) is 0 Å². The van der Waals surface area contributed by atoms with Crippen molar-refractivity contribution in [2.75, 3.05) is 12.3 Å². The first-order valence-corrected chi connectivity index (χ1v) is 10.8. The van der Waals surface area contributed by atoms with Crippen LogP contribution in [0.25, 0.3) is 10.9 Å². The van der Waals surface area contributed by atoms with Crippen LogP contribution in [0, 0.1) is 0 Å². The highest BCUT2D eigenvalue weighted by molar-refractivity contribution is 7.99. The van der Waals surface area contributed by atoms with Crippen LogP contribution in [0.1, 0.15) is 31.2 Å². The molecular formula is C22H23ClN2OS. The van der Waals surface area contributed by atoms with Gasteiger partial charge in [-0.2, -0.15) is 0 Å². The largest absolute Gasteiger partial charge is 0.360 e. The van der Waals surface area contributed by atoms with Crippen LogP contribution in [0.4, 0.5) is 0 Å². The minimum absolute atomic E-state index is 0.154. The first-order valence-electron chi connectivity index (χ1n) is 9.42. The van der Waals surface area contributed by atoms with Gasteiger partial charge in [-0.15, -0.1) is 11.8 Å². The number of carbonyl (C=O) groups excluding carboxylic acids is 1. The van der Waals surface area contributed by atoms with Crippen molar-refractivity contribution in [1.29, 1.82) is 0 Å². The van der Waals surface area contributed by atoms with Gasteiger partial charge in [-0.3, -0.25) is 4.79 Å². The van der Waals surface area contributed by atoms with Crippen molar-refractivity contribution in [3.63, 3.8) is 0 Å². The maximum atomic E-state index is 13.1. The third-order valence-corrected chi connectivity index (χ3v) is 6.79. The third-order valence-electron chi connectivity index (χ3n) is 5.49. The Morgan fingerprint density at radius 2 is 1.85 bits per heavy atom. The Hall–Kier alpha value is -1.91. The van der Waals surface area contributed by atoms with Gasteiger partial charge in [0.1, 0.15) is 0 Å². The molecule has 2 N–H and O–H groups in total. The van der Waals surface area contributed by atoms with Crippen LogP contribution in [-0.4, -0.2) is 23.2 Å². The molecule has 0 saturated heterocycles. The molecule has 27 heavy (non-hydrogen) atoms. The smallest absolute Gasteiger partial charge is 0.230 e. The van der Waals surface area contributed by atoms with E-state index in [-0.39, 0.29) is 5.91 Å². The van der Waals surface area contributed by atoms with Gasteiger partial charge >= 0.3 is 0 Å². The number of nitrogens with one attached hydrogen (secondary N) is 2. The molecule has 0 radical (unpaired) electrons. The van der Waals surface area contributed by atoms with E-state index in [0.717, 1.165) is 42.5 Å². The number of carbonyl (C=O) groups is 1. The summed E-state index contributed by atoms with van der Waals surface area (Å²) in [7, 11) is 0. The summed E-state index contributed by atoms with van der Waals surface area (Å²) in [5, 5.41) is 5.13. The highest BCUT2D eigenvalue weighted by Crippen LogP contribution is 2.41. The molecule has 0 spiro atoms. The standard InChI is InChI=1S/C22H23ClN2OS/c23-17-9-7-16(8-10-17)22(11-3-4-12-22)21(26)24-13-14-27-20-15-25-19-6-2-1-5-18(19)20/h1-2,5-10,15,25H,3-4,11-14H2,(H,24,26). The van der Waals surface area contributed by atoms with Crippen LogP contribution < -0.4 is 5.32 Å². The van der Waals surface area contributed by atoms with Gasteiger partial charge in [0.25, 0.3) is 0 Å². The highest BCUT2D eigenvalue weighted by atomic mass is 35.5. The summed E-state index contributed by atoms with van der Waals surface area (Å²) < 4.78 is 0. The van der Waals surface area contributed by atoms with Gasteiger partial charge in [-0.05, 0) is 36.6 Å². The fourth-order valence-electron chi connectivity index (χ4n) is 4.05. The van der Waals surface area contributed by atoms with Crippen molar-refractivity contribution >= 4 is 40.2 Å². The molecule has 5 heteroatoms. The van der Waals surface area contributed by atoms with E-state index in [0.29, 0.717) is 11.6 Å². The average molecular weight is 399 g/mol. The number of halogens is 1. The van der Waals surface area contributed by atoms with Crippen molar-refractivity contribution in [2.45, 2.75) is 36.0 Å². The van der Waals surface area contributed by atoms with E-state index in [4.69, 9.17) is 11.6 Å². The average Bonchev–Trinajstić information content (AvgIpc) is 3.34. The van der Waals surface area contributed by atoms with Gasteiger partial charge in [0.15, 0.2) is 0 Å². The van der Waals surface area contributed by atoms with Gasteiger partial charge in [-0.1, -0.05) is 54.8 Å². The fourth-order valence-corrected chi connectivity index (χ4v) is 5.08. The Morgan fingerprint density at radius 1 is 1.11 bits per heavy atom. The highest BCUT2D eigenvalue weighted by Gasteiger charge is 2.42.